The van der Waals surface area contributed by atoms with Crippen molar-refractivity contribution in [1.29, 1.82) is 0 Å². The molecule has 0 radical (unpaired) electrons. The summed E-state index contributed by atoms with van der Waals surface area (Å²) in [6, 6.07) is 24.6. The van der Waals surface area contributed by atoms with Crippen molar-refractivity contribution in [3.8, 4) is 5.75 Å². The van der Waals surface area contributed by atoms with Gasteiger partial charge in [-0.25, -0.2) is 5.43 Å². The Morgan fingerprint density at radius 2 is 1.69 bits per heavy atom. The molecule has 4 aromatic carbocycles. The molecule has 0 heterocycles. The molecule has 5 N–H and O–H groups in total. The molecular formula is C27H23ClN4O3. The number of fused-ring (bicyclic) bond motifs is 1. The molecule has 0 saturated heterocycles. The Balaban J connectivity index is 1.54. The third-order valence-corrected chi connectivity index (χ3v) is 5.80. The standard InChI is InChI=1S/C27H23ClN4O3/c28-22-15-18(11-13-25(22)33)27(35)32-30-16-19-10-12-23(21-9-5-4-8-20(19)21)31-24(26(29)34)14-17-6-2-1-3-7-17/h1-13,15-16,24,31,33H,14H2,(H2,29,34)(H,32,35)/b30-16+/t24-/m1/s1. The van der Waals surface area contributed by atoms with Gasteiger partial charge >= 0.3 is 0 Å². The van der Waals surface area contributed by atoms with E-state index in [0.717, 1.165) is 27.6 Å². The molecule has 0 unspecified atom stereocenters. The van der Waals surface area contributed by atoms with Crippen LogP contribution >= 0.6 is 11.6 Å². The van der Waals surface area contributed by atoms with Crippen LogP contribution in [-0.2, 0) is 11.2 Å². The summed E-state index contributed by atoms with van der Waals surface area (Å²) in [5, 5.41) is 18.7. The molecule has 0 aliphatic heterocycles. The van der Waals surface area contributed by atoms with Gasteiger partial charge in [0, 0.05) is 28.6 Å². The van der Waals surface area contributed by atoms with E-state index in [0.29, 0.717) is 6.42 Å². The highest BCUT2D eigenvalue weighted by atomic mass is 35.5. The highest BCUT2D eigenvalue weighted by Crippen LogP contribution is 2.27. The maximum atomic E-state index is 12.3. The topological polar surface area (TPSA) is 117 Å². The van der Waals surface area contributed by atoms with E-state index in [1.54, 1.807) is 6.21 Å². The lowest BCUT2D eigenvalue weighted by Gasteiger charge is -2.19. The van der Waals surface area contributed by atoms with E-state index in [9.17, 15) is 14.7 Å². The Morgan fingerprint density at radius 3 is 2.40 bits per heavy atom. The van der Waals surface area contributed by atoms with E-state index in [1.165, 1.54) is 18.2 Å². The van der Waals surface area contributed by atoms with Crippen molar-refractivity contribution < 1.29 is 14.7 Å². The monoisotopic (exact) mass is 486 g/mol. The molecule has 0 aliphatic rings. The summed E-state index contributed by atoms with van der Waals surface area (Å²) in [6.45, 7) is 0. The highest BCUT2D eigenvalue weighted by Gasteiger charge is 2.17. The normalized spacial score (nSPS) is 11.9. The van der Waals surface area contributed by atoms with Gasteiger partial charge in [-0.15, -0.1) is 0 Å². The van der Waals surface area contributed by atoms with Gasteiger partial charge in [-0.05, 0) is 35.2 Å². The number of phenolic OH excluding ortho intramolecular Hbond substituents is 1. The number of hydrazone groups is 1. The predicted octanol–water partition coefficient (Wildman–Crippen LogP) is 4.47. The van der Waals surface area contributed by atoms with E-state index in [1.807, 2.05) is 66.7 Å². The number of phenols is 1. The minimum atomic E-state index is -0.586. The number of nitrogens with two attached hydrogens (primary N) is 1. The van der Waals surface area contributed by atoms with E-state index in [2.05, 4.69) is 15.8 Å². The largest absolute Gasteiger partial charge is 0.506 e. The van der Waals surface area contributed by atoms with Crippen molar-refractivity contribution in [3.63, 3.8) is 0 Å². The lowest BCUT2D eigenvalue weighted by molar-refractivity contribution is -0.118. The lowest BCUT2D eigenvalue weighted by atomic mass is 10.0. The molecule has 2 amide bonds. The molecule has 1 atom stereocenters. The minimum Gasteiger partial charge on any atom is -0.506 e. The second-order valence-electron chi connectivity index (χ2n) is 7.90. The SMILES string of the molecule is NC(=O)[C@@H](Cc1ccccc1)Nc1ccc(/C=N/NC(=O)c2ccc(O)c(Cl)c2)c2ccccc12. The van der Waals surface area contributed by atoms with Crippen LogP contribution in [0.1, 0.15) is 21.5 Å². The lowest BCUT2D eigenvalue weighted by Crippen LogP contribution is -2.37. The number of carbonyl (C=O) groups is 2. The van der Waals surface area contributed by atoms with Crippen LogP contribution in [0.25, 0.3) is 10.8 Å². The zero-order valence-electron chi connectivity index (χ0n) is 18.6. The van der Waals surface area contributed by atoms with E-state index < -0.39 is 17.9 Å². The summed E-state index contributed by atoms with van der Waals surface area (Å²) in [5.41, 5.74) is 10.9. The number of hydrogen-bond donors (Lipinski definition) is 4. The first-order valence-electron chi connectivity index (χ1n) is 10.9. The third-order valence-electron chi connectivity index (χ3n) is 5.49. The molecule has 35 heavy (non-hydrogen) atoms. The van der Waals surface area contributed by atoms with Crippen molar-refractivity contribution >= 4 is 46.1 Å². The van der Waals surface area contributed by atoms with Crippen molar-refractivity contribution in [2.45, 2.75) is 12.5 Å². The molecule has 0 spiro atoms. The zero-order chi connectivity index (χ0) is 24.8. The Kier molecular flexibility index (Phi) is 7.28. The number of amides is 2. The van der Waals surface area contributed by atoms with Crippen LogP contribution in [0.15, 0.2) is 90.0 Å². The van der Waals surface area contributed by atoms with Crippen molar-refractivity contribution in [1.82, 2.24) is 5.43 Å². The molecule has 0 saturated carbocycles. The summed E-state index contributed by atoms with van der Waals surface area (Å²) in [6.07, 6.45) is 2.00. The van der Waals surface area contributed by atoms with Crippen molar-refractivity contribution in [2.75, 3.05) is 5.32 Å². The number of nitrogens with zero attached hydrogens (tertiary/aromatic N) is 1. The molecule has 4 aromatic rings. The molecular weight excluding hydrogens is 464 g/mol. The number of anilines is 1. The average Bonchev–Trinajstić information content (AvgIpc) is 2.86. The predicted molar refractivity (Wildman–Crippen MR) is 139 cm³/mol. The van der Waals surface area contributed by atoms with Crippen LogP contribution < -0.4 is 16.5 Å². The number of benzene rings is 4. The number of carbonyl (C=O) groups excluding carboxylic acids is 2. The maximum Gasteiger partial charge on any atom is 0.271 e. The summed E-state index contributed by atoms with van der Waals surface area (Å²) in [7, 11) is 0. The van der Waals surface area contributed by atoms with Gasteiger partial charge in [0.2, 0.25) is 5.91 Å². The number of hydrogen-bond acceptors (Lipinski definition) is 5. The van der Waals surface area contributed by atoms with E-state index in [-0.39, 0.29) is 16.3 Å². The second-order valence-corrected chi connectivity index (χ2v) is 8.31. The number of rotatable bonds is 8. The minimum absolute atomic E-state index is 0.0808. The quantitative estimate of drug-likeness (QED) is 0.217. The first-order valence-corrected chi connectivity index (χ1v) is 11.2. The summed E-state index contributed by atoms with van der Waals surface area (Å²) in [4.78, 5) is 24.5. The Bertz CT molecular complexity index is 1410. The van der Waals surface area contributed by atoms with E-state index >= 15 is 0 Å². The van der Waals surface area contributed by atoms with Gasteiger partial charge in [0.15, 0.2) is 0 Å². The van der Waals surface area contributed by atoms with Gasteiger partial charge in [-0.1, -0.05) is 72.3 Å². The molecule has 0 aliphatic carbocycles. The highest BCUT2D eigenvalue weighted by molar-refractivity contribution is 6.32. The van der Waals surface area contributed by atoms with Gasteiger partial charge in [-0.2, -0.15) is 5.10 Å². The molecule has 4 rings (SSSR count). The third kappa shape index (κ3) is 5.77. The van der Waals surface area contributed by atoms with Gasteiger partial charge in [0.05, 0.1) is 11.2 Å². The fourth-order valence-corrected chi connectivity index (χ4v) is 3.87. The smallest absolute Gasteiger partial charge is 0.271 e. The summed E-state index contributed by atoms with van der Waals surface area (Å²) < 4.78 is 0. The van der Waals surface area contributed by atoms with Crippen molar-refractivity contribution in [3.05, 3.63) is 107 Å². The van der Waals surface area contributed by atoms with Gasteiger partial charge in [-0.3, -0.25) is 9.59 Å². The number of primary amides is 1. The Hall–Kier alpha value is -4.36. The molecule has 0 aromatic heterocycles. The first-order chi connectivity index (χ1) is 16.9. The maximum absolute atomic E-state index is 12.3. The Morgan fingerprint density at radius 1 is 0.971 bits per heavy atom. The van der Waals surface area contributed by atoms with Crippen LogP contribution in [0.4, 0.5) is 5.69 Å². The molecule has 0 bridgehead atoms. The number of halogens is 1. The first kappa shape index (κ1) is 23.8. The van der Waals surface area contributed by atoms with E-state index in [4.69, 9.17) is 17.3 Å². The zero-order valence-corrected chi connectivity index (χ0v) is 19.4. The number of nitrogens with one attached hydrogen (secondary N) is 2. The van der Waals surface area contributed by atoms with Crippen molar-refractivity contribution in [2.24, 2.45) is 10.8 Å². The Labute approximate surface area is 207 Å². The van der Waals surface area contributed by atoms with Gasteiger partial charge in [0.1, 0.15) is 11.8 Å². The summed E-state index contributed by atoms with van der Waals surface area (Å²) >= 11 is 5.87. The molecule has 0 fully saturated rings. The molecule has 7 nitrogen and oxygen atoms in total. The van der Waals surface area contributed by atoms with Gasteiger partial charge < -0.3 is 16.2 Å². The molecule has 176 valence electrons. The molecule has 8 heteroatoms. The average molecular weight is 487 g/mol. The van der Waals surface area contributed by atoms with Crippen LogP contribution in [0.5, 0.6) is 5.75 Å². The van der Waals surface area contributed by atoms with Crippen LogP contribution in [0, 0.1) is 0 Å². The van der Waals surface area contributed by atoms with Crippen LogP contribution in [0.2, 0.25) is 5.02 Å². The summed E-state index contributed by atoms with van der Waals surface area (Å²) in [5.74, 6) is -1.01. The van der Waals surface area contributed by atoms with Crippen LogP contribution in [-0.4, -0.2) is 29.2 Å². The van der Waals surface area contributed by atoms with Crippen LogP contribution in [0.3, 0.4) is 0 Å². The van der Waals surface area contributed by atoms with Gasteiger partial charge in [0.25, 0.3) is 5.91 Å². The number of aromatic hydroxyl groups is 1. The second kappa shape index (κ2) is 10.7. The fraction of sp³-hybridized carbons (Fsp3) is 0.0741. The fourth-order valence-electron chi connectivity index (χ4n) is 3.69.